The highest BCUT2D eigenvalue weighted by Gasteiger charge is 2.59. The Morgan fingerprint density at radius 3 is 2.21 bits per heavy atom. The molecule has 8 heteroatoms. The molecule has 1 fully saturated rings. The van der Waals surface area contributed by atoms with Crippen molar-refractivity contribution in [2.45, 2.75) is 76.0 Å². The van der Waals surface area contributed by atoms with Crippen molar-refractivity contribution in [3.05, 3.63) is 29.3 Å². The van der Waals surface area contributed by atoms with Gasteiger partial charge >= 0.3 is 11.9 Å². The summed E-state index contributed by atoms with van der Waals surface area (Å²) in [6, 6.07) is 7.28. The minimum atomic E-state index is -1.88. The molecule has 0 bridgehead atoms. The average molecular weight is 459 g/mol. The number of esters is 2. The zero-order valence-corrected chi connectivity index (χ0v) is 20.6. The van der Waals surface area contributed by atoms with Crippen molar-refractivity contribution in [2.75, 3.05) is 21.3 Å². The molecule has 1 aromatic carbocycles. The molecule has 0 N–H and O–H groups in total. The van der Waals surface area contributed by atoms with E-state index in [0.29, 0.717) is 16.9 Å². The summed E-state index contributed by atoms with van der Waals surface area (Å²) >= 11 is 0. The van der Waals surface area contributed by atoms with E-state index in [1.54, 1.807) is 18.2 Å². The molecule has 1 aromatic rings. The van der Waals surface area contributed by atoms with E-state index in [4.69, 9.17) is 19.0 Å². The quantitative estimate of drug-likeness (QED) is 0.614. The summed E-state index contributed by atoms with van der Waals surface area (Å²) in [7, 11) is 3.95. The van der Waals surface area contributed by atoms with Crippen molar-refractivity contribution in [2.24, 2.45) is 5.92 Å². The van der Waals surface area contributed by atoms with Crippen LogP contribution in [0.3, 0.4) is 0 Å². The first-order valence-electron chi connectivity index (χ1n) is 11.2. The summed E-state index contributed by atoms with van der Waals surface area (Å²) in [6.45, 7) is 8.55. The number of hydroxylamine groups is 2. The molecule has 1 saturated heterocycles. The number of hydrogen-bond acceptors (Lipinski definition) is 8. The molecule has 0 spiro atoms. The molecule has 33 heavy (non-hydrogen) atoms. The zero-order chi connectivity index (χ0) is 24.6. The Kier molecular flexibility index (Phi) is 6.79. The standard InChI is InChI=1S/C25H34N2O6/c1-23(2)11-8-12-24(3,4)27(23)33-20-14-19(21(28)31-6)25(15-26,22(29)32-7)18-13-16(30-5)9-10-17(18)20/h9-10,13,19-20H,8,11-12,14H2,1-7H3/t19-,20+,25+/m0/s1. The predicted molar refractivity (Wildman–Crippen MR) is 120 cm³/mol. The topological polar surface area (TPSA) is 98.1 Å². The van der Waals surface area contributed by atoms with E-state index >= 15 is 0 Å². The smallest absolute Gasteiger partial charge is 0.331 e. The third kappa shape index (κ3) is 4.09. The molecule has 1 heterocycles. The summed E-state index contributed by atoms with van der Waals surface area (Å²) < 4.78 is 15.4. The number of hydrogen-bond donors (Lipinski definition) is 0. The fourth-order valence-corrected chi connectivity index (χ4v) is 5.49. The van der Waals surface area contributed by atoms with E-state index in [9.17, 15) is 14.9 Å². The van der Waals surface area contributed by atoms with Crippen LogP contribution in [0.25, 0.3) is 0 Å². The average Bonchev–Trinajstić information content (AvgIpc) is 2.79. The van der Waals surface area contributed by atoms with Crippen LogP contribution in [0, 0.1) is 17.2 Å². The second kappa shape index (κ2) is 8.96. The summed E-state index contributed by atoms with van der Waals surface area (Å²) in [4.78, 5) is 32.7. The van der Waals surface area contributed by atoms with E-state index in [1.165, 1.54) is 21.3 Å². The fourth-order valence-electron chi connectivity index (χ4n) is 5.49. The van der Waals surface area contributed by atoms with Crippen molar-refractivity contribution in [1.82, 2.24) is 5.06 Å². The number of carbonyl (C=O) groups is 2. The Labute approximate surface area is 195 Å². The molecule has 0 amide bonds. The third-order valence-electron chi connectivity index (χ3n) is 7.08. The molecule has 1 aliphatic carbocycles. The largest absolute Gasteiger partial charge is 0.497 e. The SMILES string of the molecule is COC(=O)[C@@H]1C[C@@H](ON2C(C)(C)CCCC2(C)C)c2ccc(OC)cc2[C@@]1(C#N)C(=O)OC. The predicted octanol–water partition coefficient (Wildman–Crippen LogP) is 3.84. The van der Waals surface area contributed by atoms with E-state index in [-0.39, 0.29) is 17.5 Å². The number of methoxy groups -OCH3 is 3. The van der Waals surface area contributed by atoms with Crippen LogP contribution in [0.2, 0.25) is 0 Å². The lowest BCUT2D eigenvalue weighted by molar-refractivity contribution is -0.311. The maximum atomic E-state index is 13.1. The van der Waals surface area contributed by atoms with Crippen LogP contribution in [0.1, 0.15) is 70.6 Å². The summed E-state index contributed by atoms with van der Waals surface area (Å²) in [5.74, 6) is -2.13. The van der Waals surface area contributed by atoms with Crippen LogP contribution in [0.4, 0.5) is 0 Å². The number of nitrogens with zero attached hydrogens (tertiary/aromatic N) is 2. The molecule has 0 aromatic heterocycles. The number of piperidine rings is 1. The van der Waals surface area contributed by atoms with Gasteiger partial charge in [0.15, 0.2) is 5.41 Å². The molecule has 8 nitrogen and oxygen atoms in total. The van der Waals surface area contributed by atoms with Crippen LogP contribution >= 0.6 is 0 Å². The van der Waals surface area contributed by atoms with Gasteiger partial charge in [0.25, 0.3) is 0 Å². The van der Waals surface area contributed by atoms with Gasteiger partial charge < -0.3 is 14.2 Å². The second-order valence-corrected chi connectivity index (χ2v) is 10.0. The Morgan fingerprint density at radius 1 is 1.06 bits per heavy atom. The highest BCUT2D eigenvalue weighted by atomic mass is 16.7. The molecular weight excluding hydrogens is 424 g/mol. The number of nitriles is 1. The first-order valence-corrected chi connectivity index (χ1v) is 11.2. The van der Waals surface area contributed by atoms with E-state index in [2.05, 4.69) is 33.8 Å². The highest BCUT2D eigenvalue weighted by molar-refractivity contribution is 5.94. The van der Waals surface area contributed by atoms with Gasteiger partial charge in [0, 0.05) is 11.1 Å². The third-order valence-corrected chi connectivity index (χ3v) is 7.08. The molecular formula is C25H34N2O6. The number of rotatable bonds is 5. The molecule has 0 saturated carbocycles. The highest BCUT2D eigenvalue weighted by Crippen LogP contribution is 2.51. The van der Waals surface area contributed by atoms with Crippen LogP contribution in [-0.2, 0) is 29.3 Å². The van der Waals surface area contributed by atoms with Gasteiger partial charge in [-0.2, -0.15) is 10.3 Å². The van der Waals surface area contributed by atoms with Crippen molar-refractivity contribution < 1.29 is 28.6 Å². The van der Waals surface area contributed by atoms with E-state index < -0.39 is 29.4 Å². The lowest BCUT2D eigenvalue weighted by atomic mass is 9.63. The summed E-state index contributed by atoms with van der Waals surface area (Å²) in [5, 5.41) is 12.3. The van der Waals surface area contributed by atoms with Crippen LogP contribution in [-0.4, -0.2) is 49.4 Å². The van der Waals surface area contributed by atoms with Gasteiger partial charge in [-0.15, -0.1) is 0 Å². The van der Waals surface area contributed by atoms with Crippen molar-refractivity contribution in [3.63, 3.8) is 0 Å². The number of fused-ring (bicyclic) bond motifs is 1. The number of carbonyl (C=O) groups excluding carboxylic acids is 2. The normalized spacial score (nSPS) is 28.2. The maximum Gasteiger partial charge on any atom is 0.331 e. The van der Waals surface area contributed by atoms with Crippen molar-refractivity contribution in [3.8, 4) is 11.8 Å². The molecule has 3 rings (SSSR count). The molecule has 3 atom stereocenters. The molecule has 180 valence electrons. The molecule has 0 radical (unpaired) electrons. The van der Waals surface area contributed by atoms with Crippen LogP contribution in [0.5, 0.6) is 5.75 Å². The van der Waals surface area contributed by atoms with Gasteiger partial charge in [0.1, 0.15) is 11.9 Å². The van der Waals surface area contributed by atoms with Gasteiger partial charge in [0.2, 0.25) is 0 Å². The van der Waals surface area contributed by atoms with Crippen LogP contribution in [0.15, 0.2) is 18.2 Å². The van der Waals surface area contributed by atoms with Gasteiger partial charge in [-0.1, -0.05) is 6.07 Å². The monoisotopic (exact) mass is 458 g/mol. The fraction of sp³-hybridized carbons (Fsp3) is 0.640. The Bertz CT molecular complexity index is 950. The lowest BCUT2D eigenvalue weighted by Crippen LogP contribution is -2.59. The minimum absolute atomic E-state index is 0.0946. The van der Waals surface area contributed by atoms with Crippen molar-refractivity contribution >= 4 is 11.9 Å². The van der Waals surface area contributed by atoms with Gasteiger partial charge in [0.05, 0.1) is 33.3 Å². The Hall–Kier alpha value is -2.63. The first-order chi connectivity index (χ1) is 15.5. The van der Waals surface area contributed by atoms with Crippen LogP contribution < -0.4 is 4.74 Å². The van der Waals surface area contributed by atoms with Gasteiger partial charge in [-0.3, -0.25) is 9.63 Å². The summed E-state index contributed by atoms with van der Waals surface area (Å²) in [5.41, 5.74) is -1.35. The zero-order valence-electron chi connectivity index (χ0n) is 20.6. The molecule has 1 aliphatic heterocycles. The van der Waals surface area contributed by atoms with Crippen molar-refractivity contribution in [1.29, 1.82) is 5.26 Å². The minimum Gasteiger partial charge on any atom is -0.497 e. The maximum absolute atomic E-state index is 13.1. The lowest BCUT2D eigenvalue weighted by Gasteiger charge is -2.53. The number of ether oxygens (including phenoxy) is 3. The summed E-state index contributed by atoms with van der Waals surface area (Å²) in [6.07, 6.45) is 2.53. The Morgan fingerprint density at radius 2 is 1.70 bits per heavy atom. The van der Waals surface area contributed by atoms with Gasteiger partial charge in [-0.05, 0) is 76.6 Å². The van der Waals surface area contributed by atoms with E-state index in [1.807, 2.05) is 5.06 Å². The second-order valence-electron chi connectivity index (χ2n) is 10.0. The first kappa shape index (κ1) is 25.0. The Balaban J connectivity index is 2.21. The number of benzene rings is 1. The molecule has 2 aliphatic rings. The molecule has 0 unspecified atom stereocenters. The van der Waals surface area contributed by atoms with Gasteiger partial charge in [-0.25, -0.2) is 4.79 Å². The van der Waals surface area contributed by atoms with E-state index in [0.717, 1.165) is 19.3 Å².